The molecule has 2 aromatic carbocycles. The maximum absolute atomic E-state index is 13.6. The van der Waals surface area contributed by atoms with Gasteiger partial charge in [0.25, 0.3) is 5.91 Å². The quantitative estimate of drug-likeness (QED) is 0.722. The number of aromatic nitrogens is 1. The van der Waals surface area contributed by atoms with E-state index in [0.717, 1.165) is 17.1 Å². The minimum atomic E-state index is -0.240. The Morgan fingerprint density at radius 1 is 1.12 bits per heavy atom. The molecule has 3 nitrogen and oxygen atoms in total. The molecular weight excluding hydrogens is 335 g/mol. The molecule has 5 heteroatoms. The van der Waals surface area contributed by atoms with Crippen LogP contribution in [0.1, 0.15) is 31.5 Å². The summed E-state index contributed by atoms with van der Waals surface area (Å²) in [5, 5.41) is 3.78. The molecule has 1 N–H and O–H groups in total. The van der Waals surface area contributed by atoms with Gasteiger partial charge in [-0.3, -0.25) is 4.79 Å². The third kappa shape index (κ3) is 4.51. The lowest BCUT2D eigenvalue weighted by Gasteiger charge is -2.05. The lowest BCUT2D eigenvalue weighted by atomic mass is 10.1. The van der Waals surface area contributed by atoms with Gasteiger partial charge in [0.15, 0.2) is 0 Å². The van der Waals surface area contributed by atoms with Crippen molar-refractivity contribution < 1.29 is 9.18 Å². The number of amides is 1. The van der Waals surface area contributed by atoms with Crippen LogP contribution in [-0.2, 0) is 12.8 Å². The largest absolute Gasteiger partial charge is 0.351 e. The smallest absolute Gasteiger partial charge is 0.263 e. The van der Waals surface area contributed by atoms with E-state index in [0.29, 0.717) is 23.4 Å². The molecule has 0 aliphatic carbocycles. The Kier molecular flexibility index (Phi) is 5.56. The standard InChI is InChI=1S/C20H19FN2OS/c1-14-19(25-18(23-14)13-15-7-3-2-4-8-15)20(24)22-12-11-16-9-5-6-10-17(16)21/h2-10H,11-13H2,1H3,(H,22,24). The fourth-order valence-corrected chi connectivity index (χ4v) is 3.62. The first kappa shape index (κ1) is 17.3. The SMILES string of the molecule is Cc1nc(Cc2ccccc2)sc1C(=O)NCCc1ccccc1F. The first-order valence-electron chi connectivity index (χ1n) is 8.15. The van der Waals surface area contributed by atoms with Crippen molar-refractivity contribution in [3.05, 3.63) is 87.1 Å². The van der Waals surface area contributed by atoms with Crippen LogP contribution < -0.4 is 5.32 Å². The molecule has 25 heavy (non-hydrogen) atoms. The van der Waals surface area contributed by atoms with Crippen molar-refractivity contribution in [2.24, 2.45) is 0 Å². The molecule has 0 atom stereocenters. The van der Waals surface area contributed by atoms with Gasteiger partial charge in [0, 0.05) is 13.0 Å². The van der Waals surface area contributed by atoms with Crippen LogP contribution in [0.2, 0.25) is 0 Å². The molecular formula is C20H19FN2OS. The molecule has 0 aliphatic rings. The van der Waals surface area contributed by atoms with E-state index in [-0.39, 0.29) is 11.7 Å². The van der Waals surface area contributed by atoms with Crippen LogP contribution in [0.25, 0.3) is 0 Å². The van der Waals surface area contributed by atoms with Crippen LogP contribution in [0.4, 0.5) is 4.39 Å². The second-order valence-electron chi connectivity index (χ2n) is 5.78. The van der Waals surface area contributed by atoms with Crippen molar-refractivity contribution in [1.82, 2.24) is 10.3 Å². The van der Waals surface area contributed by atoms with Crippen LogP contribution in [-0.4, -0.2) is 17.4 Å². The van der Waals surface area contributed by atoms with E-state index in [1.165, 1.54) is 23.0 Å². The number of halogens is 1. The molecule has 0 unspecified atom stereocenters. The van der Waals surface area contributed by atoms with Crippen molar-refractivity contribution in [2.45, 2.75) is 19.8 Å². The average Bonchev–Trinajstić information content (AvgIpc) is 2.98. The molecule has 0 bridgehead atoms. The summed E-state index contributed by atoms with van der Waals surface area (Å²) >= 11 is 1.41. The summed E-state index contributed by atoms with van der Waals surface area (Å²) in [6.07, 6.45) is 1.18. The minimum Gasteiger partial charge on any atom is -0.351 e. The summed E-state index contributed by atoms with van der Waals surface area (Å²) in [5.41, 5.74) is 2.51. The van der Waals surface area contributed by atoms with Gasteiger partial charge in [-0.1, -0.05) is 48.5 Å². The van der Waals surface area contributed by atoms with Crippen molar-refractivity contribution >= 4 is 17.2 Å². The predicted molar refractivity (Wildman–Crippen MR) is 98.5 cm³/mol. The number of benzene rings is 2. The van der Waals surface area contributed by atoms with E-state index in [2.05, 4.69) is 10.3 Å². The van der Waals surface area contributed by atoms with E-state index in [1.807, 2.05) is 37.3 Å². The van der Waals surface area contributed by atoms with Gasteiger partial charge >= 0.3 is 0 Å². The normalized spacial score (nSPS) is 10.6. The second kappa shape index (κ2) is 8.03. The van der Waals surface area contributed by atoms with Crippen molar-refractivity contribution in [3.8, 4) is 0 Å². The zero-order valence-corrected chi connectivity index (χ0v) is 14.8. The van der Waals surface area contributed by atoms with Crippen molar-refractivity contribution in [3.63, 3.8) is 0 Å². The molecule has 3 aromatic rings. The number of carbonyl (C=O) groups is 1. The number of hydrogen-bond donors (Lipinski definition) is 1. The molecule has 0 radical (unpaired) electrons. The number of aryl methyl sites for hydroxylation is 1. The molecule has 0 fully saturated rings. The highest BCUT2D eigenvalue weighted by molar-refractivity contribution is 7.13. The highest BCUT2D eigenvalue weighted by Crippen LogP contribution is 2.20. The average molecular weight is 354 g/mol. The number of nitrogens with one attached hydrogen (secondary N) is 1. The molecule has 1 aromatic heterocycles. The van der Waals surface area contributed by atoms with Crippen molar-refractivity contribution in [1.29, 1.82) is 0 Å². The van der Waals surface area contributed by atoms with Gasteiger partial charge < -0.3 is 5.32 Å². The van der Waals surface area contributed by atoms with Gasteiger partial charge in [-0.05, 0) is 30.5 Å². The minimum absolute atomic E-state index is 0.148. The Bertz CT molecular complexity index is 861. The fraction of sp³-hybridized carbons (Fsp3) is 0.200. The third-order valence-corrected chi connectivity index (χ3v) is 5.04. The van der Waals surface area contributed by atoms with Gasteiger partial charge in [0.2, 0.25) is 0 Å². The Balaban J connectivity index is 1.60. The van der Waals surface area contributed by atoms with Gasteiger partial charge in [-0.15, -0.1) is 11.3 Å². The summed E-state index contributed by atoms with van der Waals surface area (Å²) in [4.78, 5) is 17.5. The molecule has 1 amide bonds. The highest BCUT2D eigenvalue weighted by Gasteiger charge is 2.15. The summed E-state index contributed by atoms with van der Waals surface area (Å²) in [6.45, 7) is 2.24. The van der Waals surface area contributed by atoms with E-state index >= 15 is 0 Å². The monoisotopic (exact) mass is 354 g/mol. The molecule has 0 aliphatic heterocycles. The number of thiazole rings is 1. The first-order chi connectivity index (χ1) is 12.1. The number of rotatable bonds is 6. The van der Waals surface area contributed by atoms with Crippen LogP contribution in [0.5, 0.6) is 0 Å². The number of carbonyl (C=O) groups excluding carboxylic acids is 1. The Morgan fingerprint density at radius 2 is 1.84 bits per heavy atom. The van der Waals surface area contributed by atoms with Gasteiger partial charge in [0.1, 0.15) is 10.7 Å². The maximum atomic E-state index is 13.6. The van der Waals surface area contributed by atoms with Gasteiger partial charge in [-0.25, -0.2) is 9.37 Å². The molecule has 1 heterocycles. The lowest BCUT2D eigenvalue weighted by Crippen LogP contribution is -2.25. The molecule has 128 valence electrons. The van der Waals surface area contributed by atoms with Crippen LogP contribution in [0.3, 0.4) is 0 Å². The van der Waals surface area contributed by atoms with Crippen LogP contribution in [0.15, 0.2) is 54.6 Å². The Morgan fingerprint density at radius 3 is 2.60 bits per heavy atom. The fourth-order valence-electron chi connectivity index (χ4n) is 2.60. The predicted octanol–water partition coefficient (Wildman–Crippen LogP) is 4.15. The van der Waals surface area contributed by atoms with E-state index in [9.17, 15) is 9.18 Å². The zero-order chi connectivity index (χ0) is 17.6. The van der Waals surface area contributed by atoms with Crippen LogP contribution in [0, 0.1) is 12.7 Å². The molecule has 0 saturated heterocycles. The second-order valence-corrected chi connectivity index (χ2v) is 6.87. The van der Waals surface area contributed by atoms with Crippen LogP contribution >= 0.6 is 11.3 Å². The summed E-state index contributed by atoms with van der Waals surface area (Å²) in [6, 6.07) is 16.7. The Hall–Kier alpha value is -2.53. The summed E-state index contributed by atoms with van der Waals surface area (Å²) in [5.74, 6) is -0.387. The highest BCUT2D eigenvalue weighted by atomic mass is 32.1. The maximum Gasteiger partial charge on any atom is 0.263 e. The van der Waals surface area contributed by atoms with E-state index in [1.54, 1.807) is 18.2 Å². The van der Waals surface area contributed by atoms with E-state index in [4.69, 9.17) is 0 Å². The van der Waals surface area contributed by atoms with Gasteiger partial charge in [0.05, 0.1) is 10.7 Å². The summed E-state index contributed by atoms with van der Waals surface area (Å²) in [7, 11) is 0. The molecule has 0 spiro atoms. The lowest BCUT2D eigenvalue weighted by molar-refractivity contribution is 0.0957. The molecule has 0 saturated carbocycles. The first-order valence-corrected chi connectivity index (χ1v) is 8.97. The van der Waals surface area contributed by atoms with Gasteiger partial charge in [-0.2, -0.15) is 0 Å². The van der Waals surface area contributed by atoms with Crippen molar-refractivity contribution in [2.75, 3.05) is 6.54 Å². The summed E-state index contributed by atoms with van der Waals surface area (Å²) < 4.78 is 13.6. The zero-order valence-electron chi connectivity index (χ0n) is 14.0. The Labute approximate surface area is 150 Å². The molecule has 3 rings (SSSR count). The van der Waals surface area contributed by atoms with E-state index < -0.39 is 0 Å². The third-order valence-electron chi connectivity index (χ3n) is 3.88. The topological polar surface area (TPSA) is 42.0 Å². The number of hydrogen-bond acceptors (Lipinski definition) is 3. The number of nitrogens with zero attached hydrogens (tertiary/aromatic N) is 1.